The van der Waals surface area contributed by atoms with E-state index in [4.69, 9.17) is 19.2 Å². The van der Waals surface area contributed by atoms with Gasteiger partial charge in [-0.25, -0.2) is 18.1 Å². The smallest absolute Gasteiger partial charge is 0.224 e. The van der Waals surface area contributed by atoms with Crippen LogP contribution in [0.1, 0.15) is 30.1 Å². The van der Waals surface area contributed by atoms with E-state index in [0.29, 0.717) is 29.6 Å². The molecule has 0 radical (unpaired) electrons. The molecule has 5 aromatic rings. The summed E-state index contributed by atoms with van der Waals surface area (Å²) >= 11 is 0. The van der Waals surface area contributed by atoms with Crippen LogP contribution in [0, 0.1) is 12.8 Å². The van der Waals surface area contributed by atoms with Gasteiger partial charge >= 0.3 is 0 Å². The third-order valence-electron chi connectivity index (χ3n) is 8.72. The number of sulfone groups is 1. The topological polar surface area (TPSA) is 143 Å². The molecule has 13 heteroatoms. The van der Waals surface area contributed by atoms with E-state index in [0.717, 1.165) is 40.9 Å². The van der Waals surface area contributed by atoms with Crippen molar-refractivity contribution < 1.29 is 27.7 Å². The normalized spacial score (nSPS) is 18.0. The molecule has 4 aromatic heterocycles. The zero-order valence-electron chi connectivity index (χ0n) is 24.8. The van der Waals surface area contributed by atoms with Crippen molar-refractivity contribution in [3.05, 3.63) is 60.0 Å². The van der Waals surface area contributed by atoms with Gasteiger partial charge in [-0.05, 0) is 37.3 Å². The van der Waals surface area contributed by atoms with Crippen LogP contribution in [0.3, 0.4) is 0 Å². The van der Waals surface area contributed by atoms with Gasteiger partial charge in [0.15, 0.2) is 9.84 Å². The molecule has 0 aliphatic carbocycles. The van der Waals surface area contributed by atoms with E-state index in [9.17, 15) is 13.5 Å². The Bertz CT molecular complexity index is 1940. The Morgan fingerprint density at radius 3 is 2.50 bits per heavy atom. The molecule has 230 valence electrons. The lowest BCUT2D eigenvalue weighted by molar-refractivity contribution is -0.163. The van der Waals surface area contributed by atoms with E-state index in [1.807, 2.05) is 38.2 Å². The van der Waals surface area contributed by atoms with Crippen molar-refractivity contribution in [2.75, 3.05) is 39.3 Å². The fourth-order valence-corrected chi connectivity index (χ4v) is 8.43. The molecule has 12 nitrogen and oxygen atoms in total. The molecule has 2 aliphatic rings. The number of aliphatic hydroxyl groups is 1. The average Bonchev–Trinajstić information content (AvgIpc) is 3.53. The zero-order valence-corrected chi connectivity index (χ0v) is 25.6. The highest BCUT2D eigenvalue weighted by Crippen LogP contribution is 2.45. The van der Waals surface area contributed by atoms with Gasteiger partial charge in [-0.3, -0.25) is 4.98 Å². The summed E-state index contributed by atoms with van der Waals surface area (Å²) in [5.74, 6) is -0.0883. The first-order valence-corrected chi connectivity index (χ1v) is 16.2. The Hall–Kier alpha value is -3.91. The largest absolute Gasteiger partial charge is 0.480 e. The number of aryl methyl sites for hydroxylation is 2. The summed E-state index contributed by atoms with van der Waals surface area (Å²) in [6.07, 6.45) is 4.68. The molecule has 0 amide bonds. The van der Waals surface area contributed by atoms with E-state index < -0.39 is 21.2 Å². The third-order valence-corrected chi connectivity index (χ3v) is 10.6. The summed E-state index contributed by atoms with van der Waals surface area (Å²) in [7, 11) is -0.716. The summed E-state index contributed by atoms with van der Waals surface area (Å²) < 4.78 is 48.9. The molecule has 2 saturated heterocycles. The van der Waals surface area contributed by atoms with Gasteiger partial charge < -0.3 is 23.9 Å². The lowest BCUT2D eigenvalue weighted by Crippen LogP contribution is -2.54. The van der Waals surface area contributed by atoms with Gasteiger partial charge in [-0.15, -0.1) is 5.10 Å². The van der Waals surface area contributed by atoms with Crippen LogP contribution in [0.25, 0.3) is 33.2 Å². The lowest BCUT2D eigenvalue weighted by Gasteiger charge is -2.36. The van der Waals surface area contributed by atoms with Crippen LogP contribution in [0.15, 0.2) is 53.7 Å². The highest BCUT2D eigenvalue weighted by molar-refractivity contribution is 7.91. The van der Waals surface area contributed by atoms with Crippen LogP contribution >= 0.6 is 0 Å². The van der Waals surface area contributed by atoms with Gasteiger partial charge in [0.2, 0.25) is 5.88 Å². The quantitative estimate of drug-likeness (QED) is 0.275. The van der Waals surface area contributed by atoms with Crippen molar-refractivity contribution >= 4 is 31.8 Å². The number of fused-ring (bicyclic) bond motifs is 3. The maximum Gasteiger partial charge on any atom is 0.224 e. The van der Waals surface area contributed by atoms with Crippen LogP contribution in [0.2, 0.25) is 0 Å². The Balaban J connectivity index is 1.60. The van der Waals surface area contributed by atoms with Gasteiger partial charge in [-0.1, -0.05) is 35.5 Å². The number of nitrogens with zero attached hydrogens (tertiary/aromatic N) is 6. The Labute approximate surface area is 254 Å². The first-order valence-electron chi connectivity index (χ1n) is 14.6. The van der Waals surface area contributed by atoms with Crippen molar-refractivity contribution in [3.63, 3.8) is 0 Å². The third kappa shape index (κ3) is 4.74. The highest BCUT2D eigenvalue weighted by Gasteiger charge is 2.43. The van der Waals surface area contributed by atoms with E-state index in [-0.39, 0.29) is 35.9 Å². The molecule has 0 saturated carbocycles. The van der Waals surface area contributed by atoms with E-state index in [2.05, 4.69) is 32.0 Å². The van der Waals surface area contributed by atoms with Gasteiger partial charge in [-0.2, -0.15) is 0 Å². The van der Waals surface area contributed by atoms with Crippen LogP contribution in [-0.4, -0.2) is 87.9 Å². The number of benzene rings is 1. The second-order valence-electron chi connectivity index (χ2n) is 11.7. The highest BCUT2D eigenvalue weighted by atomic mass is 32.2. The first kappa shape index (κ1) is 28.8. The van der Waals surface area contributed by atoms with Crippen molar-refractivity contribution in [1.82, 2.24) is 29.5 Å². The molecule has 1 aromatic carbocycles. The second-order valence-corrected chi connectivity index (χ2v) is 13.7. The van der Waals surface area contributed by atoms with Gasteiger partial charge in [0, 0.05) is 32.0 Å². The number of pyridine rings is 2. The predicted molar refractivity (Wildman–Crippen MR) is 162 cm³/mol. The minimum Gasteiger partial charge on any atom is -0.480 e. The molecule has 2 aliphatic heterocycles. The molecular formula is C31H34N6O6S. The predicted octanol–water partition coefficient (Wildman–Crippen LogP) is 3.25. The maximum atomic E-state index is 14.2. The van der Waals surface area contributed by atoms with Crippen LogP contribution < -0.4 is 4.74 Å². The average molecular weight is 619 g/mol. The lowest BCUT2D eigenvalue weighted by atomic mass is 9.86. The molecule has 1 N–H and O–H groups in total. The van der Waals surface area contributed by atoms with Gasteiger partial charge in [0.25, 0.3) is 0 Å². The molecule has 6 heterocycles. The van der Waals surface area contributed by atoms with Crippen LogP contribution in [-0.2, 0) is 26.4 Å². The first-order chi connectivity index (χ1) is 21.2. The summed E-state index contributed by atoms with van der Waals surface area (Å²) in [5, 5.41) is 19.8. The van der Waals surface area contributed by atoms with Crippen LogP contribution in [0.4, 0.5) is 0 Å². The standard InChI is InChI=1S/C31H34N6O6S/c1-19-27(36(2)35-34-19)22-13-23-26(32-14-22)25-29(24(15-33-30(25)41-3)44(39,40)18-31(38)16-43-17-31)37(23)28(20-7-5-4-6-8-20)21-9-11-42-12-10-21/h4-8,13-15,21,28,38H,9-12,16-18H2,1-3H3/t28-/m1/s1. The summed E-state index contributed by atoms with van der Waals surface area (Å²) in [5.41, 5.74) is 3.66. The summed E-state index contributed by atoms with van der Waals surface area (Å²) in [6, 6.07) is 11.9. The molecule has 7 rings (SSSR count). The number of hydrogen-bond donors (Lipinski definition) is 1. The van der Waals surface area contributed by atoms with E-state index >= 15 is 0 Å². The Morgan fingerprint density at radius 1 is 1.11 bits per heavy atom. The molecule has 44 heavy (non-hydrogen) atoms. The van der Waals surface area contributed by atoms with E-state index in [1.165, 1.54) is 13.3 Å². The number of aromatic nitrogens is 6. The van der Waals surface area contributed by atoms with E-state index in [1.54, 1.807) is 10.9 Å². The fraction of sp³-hybridized carbons (Fsp3) is 0.419. The Morgan fingerprint density at radius 2 is 1.86 bits per heavy atom. The molecule has 0 spiro atoms. The van der Waals surface area contributed by atoms with Crippen molar-refractivity contribution in [1.29, 1.82) is 0 Å². The molecule has 2 fully saturated rings. The number of methoxy groups -OCH3 is 1. The molecular weight excluding hydrogens is 584 g/mol. The minimum atomic E-state index is -4.06. The molecule has 0 bridgehead atoms. The number of hydrogen-bond acceptors (Lipinski definition) is 10. The number of rotatable bonds is 8. The molecule has 0 unspecified atom stereocenters. The Kier molecular flexibility index (Phi) is 7.15. The van der Waals surface area contributed by atoms with Gasteiger partial charge in [0.1, 0.15) is 16.0 Å². The fourth-order valence-electron chi connectivity index (χ4n) is 6.69. The number of ether oxygens (including phenoxy) is 3. The van der Waals surface area contributed by atoms with Crippen molar-refractivity contribution in [2.45, 2.75) is 36.3 Å². The second kappa shape index (κ2) is 10.9. The van der Waals surface area contributed by atoms with Crippen molar-refractivity contribution in [2.24, 2.45) is 13.0 Å². The summed E-state index contributed by atoms with van der Waals surface area (Å²) in [4.78, 5) is 9.40. The van der Waals surface area contributed by atoms with Crippen molar-refractivity contribution in [3.8, 4) is 17.1 Å². The zero-order chi connectivity index (χ0) is 30.6. The van der Waals surface area contributed by atoms with Crippen LogP contribution in [0.5, 0.6) is 5.88 Å². The SMILES string of the molecule is COc1ncc(S(=O)(=O)CC2(O)COC2)c2c1c1ncc(-c3c(C)nnn3C)cc1n2[C@H](c1ccccc1)C1CCOCC1. The summed E-state index contributed by atoms with van der Waals surface area (Å²) in [6.45, 7) is 3.03. The maximum absolute atomic E-state index is 14.2. The monoisotopic (exact) mass is 618 g/mol. The minimum absolute atomic E-state index is 0.0135. The van der Waals surface area contributed by atoms with Gasteiger partial charge in [0.05, 0.1) is 66.1 Å². The molecule has 1 atom stereocenters.